The van der Waals surface area contributed by atoms with E-state index in [2.05, 4.69) is 49.1 Å². The Hall–Kier alpha value is -0.760. The monoisotopic (exact) mass is 208 g/mol. The largest absolute Gasteiger partial charge is 0.354 e. The van der Waals surface area contributed by atoms with Gasteiger partial charge in [0.05, 0.1) is 0 Å². The van der Waals surface area contributed by atoms with E-state index < -0.39 is 0 Å². The van der Waals surface area contributed by atoms with Crippen molar-refractivity contribution in [2.24, 2.45) is 0 Å². The van der Waals surface area contributed by atoms with E-state index >= 15 is 0 Å². The lowest BCUT2D eigenvalue weighted by atomic mass is 10.2. The van der Waals surface area contributed by atoms with Gasteiger partial charge in [0, 0.05) is 25.0 Å². The molecule has 86 valence electrons. The molecule has 1 unspecified atom stereocenters. The molecule has 1 aromatic heterocycles. The van der Waals surface area contributed by atoms with Gasteiger partial charge in [0.15, 0.2) is 0 Å². The van der Waals surface area contributed by atoms with Gasteiger partial charge in [-0.3, -0.25) is 0 Å². The van der Waals surface area contributed by atoms with E-state index in [1.807, 2.05) is 0 Å². The summed E-state index contributed by atoms with van der Waals surface area (Å²) in [7, 11) is 0. The Morgan fingerprint density at radius 3 is 2.80 bits per heavy atom. The van der Waals surface area contributed by atoms with Crippen molar-refractivity contribution in [1.82, 2.24) is 9.88 Å². The molecule has 0 saturated heterocycles. The number of rotatable bonds is 7. The van der Waals surface area contributed by atoms with Crippen LogP contribution in [-0.4, -0.2) is 11.1 Å². The number of hydrogen-bond donors (Lipinski definition) is 1. The van der Waals surface area contributed by atoms with Gasteiger partial charge in [-0.1, -0.05) is 20.3 Å². The quantitative estimate of drug-likeness (QED) is 0.727. The highest BCUT2D eigenvalue weighted by Crippen LogP contribution is 2.13. The molecule has 1 aromatic rings. The lowest BCUT2D eigenvalue weighted by Crippen LogP contribution is -2.18. The molecule has 0 spiro atoms. The summed E-state index contributed by atoms with van der Waals surface area (Å²) in [6.45, 7) is 8.91. The van der Waals surface area contributed by atoms with E-state index in [1.165, 1.54) is 24.8 Å². The molecular formula is C13H24N2. The van der Waals surface area contributed by atoms with Crippen LogP contribution >= 0.6 is 0 Å². The zero-order valence-electron chi connectivity index (χ0n) is 10.3. The molecule has 0 aliphatic rings. The van der Waals surface area contributed by atoms with Gasteiger partial charge in [0.1, 0.15) is 0 Å². The first kappa shape index (κ1) is 12.3. The minimum absolute atomic E-state index is 0.479. The predicted octanol–water partition coefficient (Wildman–Crippen LogP) is 3.35. The summed E-state index contributed by atoms with van der Waals surface area (Å²) in [5.74, 6) is 0. The average molecular weight is 208 g/mol. The van der Waals surface area contributed by atoms with Crippen LogP contribution in [0.5, 0.6) is 0 Å². The van der Waals surface area contributed by atoms with E-state index in [4.69, 9.17) is 0 Å². The minimum Gasteiger partial charge on any atom is -0.354 e. The Bertz CT molecular complexity index is 265. The zero-order chi connectivity index (χ0) is 11.1. The second kappa shape index (κ2) is 6.67. The van der Waals surface area contributed by atoms with Crippen LogP contribution in [0.1, 0.15) is 51.6 Å². The van der Waals surface area contributed by atoms with Gasteiger partial charge in [0.2, 0.25) is 0 Å². The maximum Gasteiger partial charge on any atom is 0.0306 e. The van der Waals surface area contributed by atoms with E-state index in [9.17, 15) is 0 Å². The number of aryl methyl sites for hydroxylation is 1. The van der Waals surface area contributed by atoms with Gasteiger partial charge >= 0.3 is 0 Å². The number of hydrogen-bond acceptors (Lipinski definition) is 1. The van der Waals surface area contributed by atoms with Crippen LogP contribution in [0.4, 0.5) is 0 Å². The van der Waals surface area contributed by atoms with Crippen molar-refractivity contribution in [3.05, 3.63) is 24.0 Å². The number of nitrogens with one attached hydrogen (secondary N) is 1. The van der Waals surface area contributed by atoms with Crippen LogP contribution in [0.15, 0.2) is 18.5 Å². The van der Waals surface area contributed by atoms with Crippen molar-refractivity contribution in [3.63, 3.8) is 0 Å². The third kappa shape index (κ3) is 4.08. The molecule has 0 bridgehead atoms. The molecule has 0 aliphatic heterocycles. The van der Waals surface area contributed by atoms with E-state index in [1.54, 1.807) is 0 Å². The van der Waals surface area contributed by atoms with E-state index in [-0.39, 0.29) is 0 Å². The van der Waals surface area contributed by atoms with Gasteiger partial charge < -0.3 is 9.88 Å². The SMILES string of the molecule is CCCCn1ccc(C(C)NCCC)c1. The number of nitrogens with zero attached hydrogens (tertiary/aromatic N) is 1. The maximum atomic E-state index is 3.50. The molecule has 1 rings (SSSR count). The molecule has 1 N–H and O–H groups in total. The van der Waals surface area contributed by atoms with Gasteiger partial charge in [-0.05, 0) is 37.9 Å². The molecule has 2 heteroatoms. The summed E-state index contributed by atoms with van der Waals surface area (Å²) < 4.78 is 2.29. The highest BCUT2D eigenvalue weighted by atomic mass is 15.0. The molecule has 0 aliphatic carbocycles. The molecule has 1 heterocycles. The first-order valence-corrected chi connectivity index (χ1v) is 6.17. The highest BCUT2D eigenvalue weighted by Gasteiger charge is 2.05. The second-order valence-corrected chi connectivity index (χ2v) is 4.21. The maximum absolute atomic E-state index is 3.50. The van der Waals surface area contributed by atoms with Crippen LogP contribution in [0.3, 0.4) is 0 Å². The van der Waals surface area contributed by atoms with Crippen LogP contribution < -0.4 is 5.32 Å². The molecule has 15 heavy (non-hydrogen) atoms. The van der Waals surface area contributed by atoms with Gasteiger partial charge in [-0.25, -0.2) is 0 Å². The van der Waals surface area contributed by atoms with Gasteiger partial charge in [0.25, 0.3) is 0 Å². The molecule has 0 radical (unpaired) electrons. The Kier molecular flexibility index (Phi) is 5.48. The number of unbranched alkanes of at least 4 members (excludes halogenated alkanes) is 1. The summed E-state index contributed by atoms with van der Waals surface area (Å²) >= 11 is 0. The summed E-state index contributed by atoms with van der Waals surface area (Å²) in [5, 5.41) is 3.50. The van der Waals surface area contributed by atoms with Crippen molar-refractivity contribution < 1.29 is 0 Å². The zero-order valence-corrected chi connectivity index (χ0v) is 10.3. The summed E-state index contributed by atoms with van der Waals surface area (Å²) in [6, 6.07) is 2.70. The normalized spacial score (nSPS) is 13.0. The first-order chi connectivity index (χ1) is 7.27. The van der Waals surface area contributed by atoms with Crippen LogP contribution in [0, 0.1) is 0 Å². The Morgan fingerprint density at radius 1 is 1.33 bits per heavy atom. The van der Waals surface area contributed by atoms with Crippen LogP contribution in [0.25, 0.3) is 0 Å². The third-order valence-corrected chi connectivity index (χ3v) is 2.74. The molecule has 0 saturated carbocycles. The fourth-order valence-electron chi connectivity index (χ4n) is 1.67. The standard InChI is InChI=1S/C13H24N2/c1-4-6-9-15-10-7-13(11-15)12(3)14-8-5-2/h7,10-12,14H,4-6,8-9H2,1-3H3. The van der Waals surface area contributed by atoms with Gasteiger partial charge in [-0.15, -0.1) is 0 Å². The highest BCUT2D eigenvalue weighted by molar-refractivity contribution is 5.14. The number of aromatic nitrogens is 1. The Balaban J connectivity index is 2.43. The van der Waals surface area contributed by atoms with Gasteiger partial charge in [-0.2, -0.15) is 0 Å². The molecule has 0 aromatic carbocycles. The molecular weight excluding hydrogens is 184 g/mol. The third-order valence-electron chi connectivity index (χ3n) is 2.74. The average Bonchev–Trinajstić information content (AvgIpc) is 2.71. The summed E-state index contributed by atoms with van der Waals surface area (Å²) in [6.07, 6.45) is 8.18. The Morgan fingerprint density at radius 2 is 2.13 bits per heavy atom. The molecule has 0 fully saturated rings. The topological polar surface area (TPSA) is 17.0 Å². The van der Waals surface area contributed by atoms with Crippen LogP contribution in [-0.2, 0) is 6.54 Å². The van der Waals surface area contributed by atoms with Crippen LogP contribution in [0.2, 0.25) is 0 Å². The van der Waals surface area contributed by atoms with Crippen molar-refractivity contribution in [3.8, 4) is 0 Å². The van der Waals surface area contributed by atoms with E-state index in [0.717, 1.165) is 13.1 Å². The fraction of sp³-hybridized carbons (Fsp3) is 0.692. The lowest BCUT2D eigenvalue weighted by molar-refractivity contribution is 0.567. The fourth-order valence-corrected chi connectivity index (χ4v) is 1.67. The van der Waals surface area contributed by atoms with Crippen molar-refractivity contribution >= 4 is 0 Å². The predicted molar refractivity (Wildman–Crippen MR) is 66.0 cm³/mol. The van der Waals surface area contributed by atoms with Crippen molar-refractivity contribution in [2.75, 3.05) is 6.54 Å². The lowest BCUT2D eigenvalue weighted by Gasteiger charge is -2.11. The second-order valence-electron chi connectivity index (χ2n) is 4.21. The van der Waals surface area contributed by atoms with Crippen molar-refractivity contribution in [2.45, 2.75) is 52.6 Å². The summed E-state index contributed by atoms with van der Waals surface area (Å²) in [5.41, 5.74) is 1.40. The smallest absolute Gasteiger partial charge is 0.0306 e. The summed E-state index contributed by atoms with van der Waals surface area (Å²) in [4.78, 5) is 0. The molecule has 1 atom stereocenters. The molecule has 0 amide bonds. The van der Waals surface area contributed by atoms with E-state index in [0.29, 0.717) is 6.04 Å². The Labute approximate surface area is 93.7 Å². The first-order valence-electron chi connectivity index (χ1n) is 6.17. The molecule has 2 nitrogen and oxygen atoms in total. The van der Waals surface area contributed by atoms with Crippen molar-refractivity contribution in [1.29, 1.82) is 0 Å². The minimum atomic E-state index is 0.479.